The maximum atomic E-state index is 11.6. The van der Waals surface area contributed by atoms with Crippen molar-refractivity contribution in [2.24, 2.45) is 5.73 Å². The standard InChI is InChI=1S/C13H19NO2/c1-10(14)6-7-12(15)8-11-4-3-5-13(9-11)16-2/h3-5,9-10H,6-8,14H2,1-2H3. The number of benzene rings is 1. The molecule has 0 aliphatic carbocycles. The van der Waals surface area contributed by atoms with Crippen molar-refractivity contribution in [2.75, 3.05) is 7.11 Å². The fourth-order valence-electron chi connectivity index (χ4n) is 1.49. The number of Topliss-reactive ketones (excluding diaryl/α,β-unsaturated/α-hetero) is 1. The van der Waals surface area contributed by atoms with Crippen molar-refractivity contribution in [1.82, 2.24) is 0 Å². The molecule has 0 saturated heterocycles. The van der Waals surface area contributed by atoms with E-state index in [0.29, 0.717) is 12.8 Å². The van der Waals surface area contributed by atoms with E-state index in [0.717, 1.165) is 17.7 Å². The van der Waals surface area contributed by atoms with E-state index in [9.17, 15) is 4.79 Å². The Balaban J connectivity index is 2.49. The maximum absolute atomic E-state index is 11.6. The summed E-state index contributed by atoms with van der Waals surface area (Å²) in [7, 11) is 1.62. The van der Waals surface area contributed by atoms with Crippen LogP contribution in [-0.4, -0.2) is 18.9 Å². The van der Waals surface area contributed by atoms with Crippen LogP contribution in [0.5, 0.6) is 5.75 Å². The number of nitrogens with two attached hydrogens (primary N) is 1. The largest absolute Gasteiger partial charge is 0.497 e. The van der Waals surface area contributed by atoms with Crippen molar-refractivity contribution < 1.29 is 9.53 Å². The van der Waals surface area contributed by atoms with Gasteiger partial charge in [-0.15, -0.1) is 0 Å². The number of ketones is 1. The lowest BCUT2D eigenvalue weighted by atomic mass is 10.0. The molecule has 1 unspecified atom stereocenters. The van der Waals surface area contributed by atoms with E-state index in [1.54, 1.807) is 7.11 Å². The first-order valence-electron chi connectivity index (χ1n) is 5.52. The van der Waals surface area contributed by atoms with Crippen molar-refractivity contribution >= 4 is 5.78 Å². The van der Waals surface area contributed by atoms with Crippen LogP contribution in [0.25, 0.3) is 0 Å². The minimum atomic E-state index is 0.0919. The van der Waals surface area contributed by atoms with Gasteiger partial charge in [-0.3, -0.25) is 4.79 Å². The first-order valence-corrected chi connectivity index (χ1v) is 5.52. The molecule has 0 aromatic heterocycles. The summed E-state index contributed by atoms with van der Waals surface area (Å²) in [6.45, 7) is 1.92. The highest BCUT2D eigenvalue weighted by atomic mass is 16.5. The summed E-state index contributed by atoms with van der Waals surface area (Å²) in [5.41, 5.74) is 6.60. The van der Waals surface area contributed by atoms with Crippen molar-refractivity contribution in [3.05, 3.63) is 29.8 Å². The third-order valence-electron chi connectivity index (χ3n) is 2.41. The number of carbonyl (C=O) groups excluding carboxylic acids is 1. The summed E-state index contributed by atoms with van der Waals surface area (Å²) >= 11 is 0. The molecule has 2 N–H and O–H groups in total. The molecule has 1 aromatic rings. The molecule has 0 heterocycles. The molecule has 88 valence electrons. The molecule has 0 aliphatic heterocycles. The van der Waals surface area contributed by atoms with Crippen LogP contribution in [0.2, 0.25) is 0 Å². The van der Waals surface area contributed by atoms with Crippen LogP contribution in [0.15, 0.2) is 24.3 Å². The first kappa shape index (κ1) is 12.7. The Bertz CT molecular complexity index is 348. The highest BCUT2D eigenvalue weighted by Gasteiger charge is 2.06. The molecule has 0 bridgehead atoms. The zero-order valence-electron chi connectivity index (χ0n) is 9.90. The summed E-state index contributed by atoms with van der Waals surface area (Å²) in [4.78, 5) is 11.6. The van der Waals surface area contributed by atoms with Crippen LogP contribution in [0.3, 0.4) is 0 Å². The van der Waals surface area contributed by atoms with E-state index in [1.807, 2.05) is 31.2 Å². The van der Waals surface area contributed by atoms with Gasteiger partial charge in [0.25, 0.3) is 0 Å². The van der Waals surface area contributed by atoms with Crippen molar-refractivity contribution in [3.63, 3.8) is 0 Å². The van der Waals surface area contributed by atoms with Crippen molar-refractivity contribution in [3.8, 4) is 5.75 Å². The molecule has 0 aliphatic rings. The van der Waals surface area contributed by atoms with Crippen LogP contribution in [0.4, 0.5) is 0 Å². The van der Waals surface area contributed by atoms with Gasteiger partial charge in [0.05, 0.1) is 7.11 Å². The number of hydrogen-bond acceptors (Lipinski definition) is 3. The number of rotatable bonds is 6. The lowest BCUT2D eigenvalue weighted by molar-refractivity contribution is -0.118. The average molecular weight is 221 g/mol. The van der Waals surface area contributed by atoms with Gasteiger partial charge in [-0.25, -0.2) is 0 Å². The molecular weight excluding hydrogens is 202 g/mol. The van der Waals surface area contributed by atoms with E-state index in [-0.39, 0.29) is 11.8 Å². The molecule has 1 aromatic carbocycles. The third kappa shape index (κ3) is 4.45. The minimum absolute atomic E-state index is 0.0919. The van der Waals surface area contributed by atoms with Gasteiger partial charge < -0.3 is 10.5 Å². The first-order chi connectivity index (χ1) is 7.61. The Morgan fingerprint density at radius 2 is 2.25 bits per heavy atom. The second-order valence-electron chi connectivity index (χ2n) is 4.08. The zero-order valence-corrected chi connectivity index (χ0v) is 9.90. The Morgan fingerprint density at radius 3 is 2.88 bits per heavy atom. The maximum Gasteiger partial charge on any atom is 0.137 e. The van der Waals surface area contributed by atoms with Gasteiger partial charge in [0.2, 0.25) is 0 Å². The number of carbonyl (C=O) groups is 1. The number of methoxy groups -OCH3 is 1. The Kier molecular flexibility index (Phi) is 4.99. The van der Waals surface area contributed by atoms with Gasteiger partial charge in [0, 0.05) is 18.9 Å². The summed E-state index contributed by atoms with van der Waals surface area (Å²) < 4.78 is 5.10. The molecule has 0 amide bonds. The summed E-state index contributed by atoms with van der Waals surface area (Å²) in [6, 6.07) is 7.69. The predicted octanol–water partition coefficient (Wildman–Crippen LogP) is 1.93. The van der Waals surface area contributed by atoms with E-state index in [2.05, 4.69) is 0 Å². The summed E-state index contributed by atoms with van der Waals surface area (Å²) in [5, 5.41) is 0. The highest BCUT2D eigenvalue weighted by molar-refractivity contribution is 5.80. The molecule has 3 nitrogen and oxygen atoms in total. The number of ether oxygens (including phenoxy) is 1. The van der Waals surface area contributed by atoms with E-state index in [1.165, 1.54) is 0 Å². The molecule has 0 radical (unpaired) electrons. The predicted molar refractivity (Wildman–Crippen MR) is 64.6 cm³/mol. The lowest BCUT2D eigenvalue weighted by Crippen LogP contribution is -2.16. The molecule has 1 atom stereocenters. The van der Waals surface area contributed by atoms with Gasteiger partial charge in [-0.2, -0.15) is 0 Å². The second kappa shape index (κ2) is 6.28. The normalized spacial score (nSPS) is 12.2. The fraction of sp³-hybridized carbons (Fsp3) is 0.462. The molecule has 0 spiro atoms. The smallest absolute Gasteiger partial charge is 0.137 e. The third-order valence-corrected chi connectivity index (χ3v) is 2.41. The molecule has 1 rings (SSSR count). The summed E-state index contributed by atoms with van der Waals surface area (Å²) in [5.74, 6) is 1.02. The topological polar surface area (TPSA) is 52.3 Å². The van der Waals surface area contributed by atoms with Crippen molar-refractivity contribution in [2.45, 2.75) is 32.2 Å². The van der Waals surface area contributed by atoms with Crippen LogP contribution in [-0.2, 0) is 11.2 Å². The van der Waals surface area contributed by atoms with Gasteiger partial charge >= 0.3 is 0 Å². The fourth-order valence-corrected chi connectivity index (χ4v) is 1.49. The lowest BCUT2D eigenvalue weighted by Gasteiger charge is -2.05. The molecule has 3 heteroatoms. The van der Waals surface area contributed by atoms with Gasteiger partial charge in [-0.1, -0.05) is 12.1 Å². The average Bonchev–Trinajstić information content (AvgIpc) is 2.26. The van der Waals surface area contributed by atoms with E-state index in [4.69, 9.17) is 10.5 Å². The summed E-state index contributed by atoms with van der Waals surface area (Å²) in [6.07, 6.45) is 1.77. The van der Waals surface area contributed by atoms with Gasteiger partial charge in [0.1, 0.15) is 11.5 Å². The Labute approximate surface area is 96.6 Å². The van der Waals surface area contributed by atoms with Crippen LogP contribution in [0.1, 0.15) is 25.3 Å². The van der Waals surface area contributed by atoms with Crippen LogP contribution in [0, 0.1) is 0 Å². The zero-order chi connectivity index (χ0) is 12.0. The van der Waals surface area contributed by atoms with Gasteiger partial charge in [-0.05, 0) is 31.0 Å². The second-order valence-corrected chi connectivity index (χ2v) is 4.08. The highest BCUT2D eigenvalue weighted by Crippen LogP contribution is 2.13. The molecule has 16 heavy (non-hydrogen) atoms. The van der Waals surface area contributed by atoms with Crippen molar-refractivity contribution in [1.29, 1.82) is 0 Å². The SMILES string of the molecule is COc1cccc(CC(=O)CCC(C)N)c1. The molecular formula is C13H19NO2. The van der Waals surface area contributed by atoms with Gasteiger partial charge in [0.15, 0.2) is 0 Å². The Hall–Kier alpha value is -1.35. The molecule has 0 saturated carbocycles. The minimum Gasteiger partial charge on any atom is -0.497 e. The molecule has 0 fully saturated rings. The van der Waals surface area contributed by atoms with Crippen LogP contribution < -0.4 is 10.5 Å². The van der Waals surface area contributed by atoms with Crippen LogP contribution >= 0.6 is 0 Å². The quantitative estimate of drug-likeness (QED) is 0.798. The Morgan fingerprint density at radius 1 is 1.50 bits per heavy atom. The monoisotopic (exact) mass is 221 g/mol. The van der Waals surface area contributed by atoms with E-state index >= 15 is 0 Å². The van der Waals surface area contributed by atoms with E-state index < -0.39 is 0 Å². The number of hydrogen-bond donors (Lipinski definition) is 1.